The second-order valence-electron chi connectivity index (χ2n) is 4.10. The zero-order chi connectivity index (χ0) is 10.3. The molecule has 6 heteroatoms. The van der Waals surface area contributed by atoms with E-state index in [9.17, 15) is 0 Å². The molecule has 2 heterocycles. The van der Waals surface area contributed by atoms with E-state index in [-0.39, 0.29) is 38.4 Å². The average molecular weight is 198 g/mol. The molecule has 2 rings (SSSR count). The Bertz CT molecular complexity index is 174. The summed E-state index contributed by atoms with van der Waals surface area (Å²) in [6, 6.07) is 0. The lowest BCUT2D eigenvalue weighted by atomic mass is 9.49. The predicted molar refractivity (Wildman–Crippen MR) is 53.7 cm³/mol. The third-order valence-corrected chi connectivity index (χ3v) is 2.94. The van der Waals surface area contributed by atoms with Gasteiger partial charge < -0.3 is 18.6 Å². The van der Waals surface area contributed by atoms with Crippen molar-refractivity contribution in [3.8, 4) is 0 Å². The third-order valence-electron chi connectivity index (χ3n) is 2.94. The molecule has 2 fully saturated rings. The molecule has 0 aromatic carbocycles. The van der Waals surface area contributed by atoms with Crippen molar-refractivity contribution in [2.45, 2.75) is 52.1 Å². The zero-order valence-electron chi connectivity index (χ0n) is 9.10. The van der Waals surface area contributed by atoms with Gasteiger partial charge in [0.15, 0.2) is 0 Å². The number of hydrogen-bond donors (Lipinski definition) is 0. The highest BCUT2D eigenvalue weighted by Gasteiger charge is 2.51. The van der Waals surface area contributed by atoms with Gasteiger partial charge in [0.2, 0.25) is 0 Å². The minimum absolute atomic E-state index is 0.110. The van der Waals surface area contributed by atoms with Crippen molar-refractivity contribution in [1.82, 2.24) is 0 Å². The lowest BCUT2D eigenvalue weighted by Crippen LogP contribution is -2.39. The molecule has 0 spiro atoms. The van der Waals surface area contributed by atoms with Gasteiger partial charge in [0, 0.05) is 0 Å². The van der Waals surface area contributed by atoms with Gasteiger partial charge in [0.25, 0.3) is 0 Å². The second-order valence-corrected chi connectivity index (χ2v) is 4.10. The summed E-state index contributed by atoms with van der Waals surface area (Å²) in [7, 11) is -0.736. The second kappa shape index (κ2) is 3.85. The molecular weight excluding hydrogens is 182 g/mol. The fourth-order valence-corrected chi connectivity index (χ4v) is 1.61. The summed E-state index contributed by atoms with van der Waals surface area (Å²) >= 11 is 0. The van der Waals surface area contributed by atoms with Crippen LogP contribution in [-0.2, 0) is 18.6 Å². The first-order chi connectivity index (χ1) is 6.58. The van der Waals surface area contributed by atoms with Crippen LogP contribution in [0.15, 0.2) is 0 Å². The summed E-state index contributed by atoms with van der Waals surface area (Å²) in [4.78, 5) is 0. The molecule has 0 aliphatic carbocycles. The molecule has 2 saturated heterocycles. The highest BCUT2D eigenvalue weighted by atomic mass is 16.7. The topological polar surface area (TPSA) is 36.9 Å². The first-order valence-electron chi connectivity index (χ1n) is 5.20. The van der Waals surface area contributed by atoms with Gasteiger partial charge in [-0.15, -0.1) is 0 Å². The minimum atomic E-state index is -0.368. The van der Waals surface area contributed by atoms with E-state index in [4.69, 9.17) is 18.6 Å². The Kier molecular flexibility index (Phi) is 2.88. The van der Waals surface area contributed by atoms with Crippen molar-refractivity contribution < 1.29 is 18.6 Å². The van der Waals surface area contributed by atoms with Crippen LogP contribution in [0.5, 0.6) is 0 Å². The van der Waals surface area contributed by atoms with Crippen molar-refractivity contribution >= 4 is 14.0 Å². The Labute approximate surface area is 85.5 Å². The smallest absolute Gasteiger partial charge is 0.408 e. The van der Waals surface area contributed by atoms with Crippen LogP contribution in [0.4, 0.5) is 0 Å². The van der Waals surface area contributed by atoms with Gasteiger partial charge >= 0.3 is 14.0 Å². The molecule has 0 amide bonds. The van der Waals surface area contributed by atoms with Gasteiger partial charge in [-0.1, -0.05) is 0 Å². The van der Waals surface area contributed by atoms with Crippen LogP contribution < -0.4 is 0 Å². The molecule has 14 heavy (non-hydrogen) atoms. The predicted octanol–water partition coefficient (Wildman–Crippen LogP) is 0.689. The summed E-state index contributed by atoms with van der Waals surface area (Å²) in [5, 5.41) is 0. The summed E-state index contributed by atoms with van der Waals surface area (Å²) in [5.74, 6) is 0. The zero-order valence-corrected chi connectivity index (χ0v) is 9.10. The lowest BCUT2D eigenvalue weighted by Gasteiger charge is -2.07. The quantitative estimate of drug-likeness (QED) is 0.580. The van der Waals surface area contributed by atoms with Crippen molar-refractivity contribution in [3.63, 3.8) is 0 Å². The standard InChI is InChI=1S/C8H16B2O4/c1-5-6(2)12-9(11-5)10-13-7(3)8(4)14-10/h5-8H,1-4H3/t5-,6?,7-,8?/m1/s1. The van der Waals surface area contributed by atoms with Gasteiger partial charge in [-0.2, -0.15) is 0 Å². The van der Waals surface area contributed by atoms with Crippen LogP contribution in [0.1, 0.15) is 27.7 Å². The molecule has 0 aromatic heterocycles. The molecule has 2 aliphatic heterocycles. The van der Waals surface area contributed by atoms with Gasteiger partial charge in [-0.05, 0) is 27.7 Å². The largest absolute Gasteiger partial charge is 0.488 e. The van der Waals surface area contributed by atoms with Gasteiger partial charge in [0.05, 0.1) is 24.4 Å². The Hall–Kier alpha value is -0.0301. The number of rotatable bonds is 1. The molecule has 2 unspecified atom stereocenters. The van der Waals surface area contributed by atoms with E-state index in [1.165, 1.54) is 0 Å². The molecule has 0 N–H and O–H groups in total. The average Bonchev–Trinajstić information content (AvgIpc) is 2.60. The molecule has 0 saturated carbocycles. The van der Waals surface area contributed by atoms with Gasteiger partial charge in [-0.3, -0.25) is 0 Å². The lowest BCUT2D eigenvalue weighted by molar-refractivity contribution is 0.187. The van der Waals surface area contributed by atoms with E-state index < -0.39 is 0 Å². The summed E-state index contributed by atoms with van der Waals surface area (Å²) in [6.45, 7) is 7.97. The van der Waals surface area contributed by atoms with Crippen LogP contribution in [0.25, 0.3) is 0 Å². The maximum atomic E-state index is 5.58. The third kappa shape index (κ3) is 1.84. The summed E-state index contributed by atoms with van der Waals surface area (Å²) in [5.41, 5.74) is 0. The maximum absolute atomic E-state index is 5.58. The van der Waals surface area contributed by atoms with Gasteiger partial charge in [0.1, 0.15) is 0 Å². The van der Waals surface area contributed by atoms with E-state index in [0.717, 1.165) is 0 Å². The Morgan fingerprint density at radius 3 is 1.00 bits per heavy atom. The van der Waals surface area contributed by atoms with E-state index >= 15 is 0 Å². The van der Waals surface area contributed by atoms with Crippen LogP contribution in [0.2, 0.25) is 0 Å². The number of hydrogen-bond acceptors (Lipinski definition) is 4. The molecule has 4 atom stereocenters. The van der Waals surface area contributed by atoms with E-state index in [2.05, 4.69) is 0 Å². The maximum Gasteiger partial charge on any atom is 0.488 e. The molecule has 4 nitrogen and oxygen atoms in total. The van der Waals surface area contributed by atoms with Crippen molar-refractivity contribution in [2.75, 3.05) is 0 Å². The van der Waals surface area contributed by atoms with E-state index in [1.54, 1.807) is 0 Å². The Balaban J connectivity index is 1.92. The van der Waals surface area contributed by atoms with Gasteiger partial charge in [-0.25, -0.2) is 0 Å². The molecule has 0 bridgehead atoms. The summed E-state index contributed by atoms with van der Waals surface area (Å²) < 4.78 is 22.3. The van der Waals surface area contributed by atoms with Crippen LogP contribution in [-0.4, -0.2) is 38.4 Å². The normalized spacial score (nSPS) is 43.7. The van der Waals surface area contributed by atoms with Crippen molar-refractivity contribution in [3.05, 3.63) is 0 Å². The van der Waals surface area contributed by atoms with Crippen LogP contribution in [0.3, 0.4) is 0 Å². The monoisotopic (exact) mass is 198 g/mol. The van der Waals surface area contributed by atoms with Crippen LogP contribution >= 0.6 is 0 Å². The fraction of sp³-hybridized carbons (Fsp3) is 1.00. The molecular formula is C8H16B2O4. The Morgan fingerprint density at radius 2 is 0.786 bits per heavy atom. The van der Waals surface area contributed by atoms with Crippen LogP contribution in [0, 0.1) is 0 Å². The van der Waals surface area contributed by atoms with Crippen molar-refractivity contribution in [1.29, 1.82) is 0 Å². The summed E-state index contributed by atoms with van der Waals surface area (Å²) in [6.07, 6.45) is 0.439. The highest BCUT2D eigenvalue weighted by molar-refractivity contribution is 7.11. The first-order valence-corrected chi connectivity index (χ1v) is 5.20. The van der Waals surface area contributed by atoms with E-state index in [0.29, 0.717) is 0 Å². The molecule has 0 aromatic rings. The minimum Gasteiger partial charge on any atom is -0.408 e. The molecule has 78 valence electrons. The molecule has 2 aliphatic rings. The van der Waals surface area contributed by atoms with E-state index in [1.807, 2.05) is 27.7 Å². The Morgan fingerprint density at radius 1 is 0.571 bits per heavy atom. The highest BCUT2D eigenvalue weighted by Crippen LogP contribution is 2.24. The first kappa shape index (κ1) is 10.5. The SMILES string of the molecule is CC1OB(B2OC(C)[C@@H](C)O2)O[C@@H]1C. The fourth-order valence-electron chi connectivity index (χ4n) is 1.61. The molecule has 0 radical (unpaired) electrons. The van der Waals surface area contributed by atoms with Crippen molar-refractivity contribution in [2.24, 2.45) is 0 Å².